The van der Waals surface area contributed by atoms with Crippen molar-refractivity contribution in [2.45, 2.75) is 13.5 Å². The summed E-state index contributed by atoms with van der Waals surface area (Å²) in [5.41, 5.74) is 0.720. The number of rotatable bonds is 4. The van der Waals surface area contributed by atoms with Gasteiger partial charge in [0.05, 0.1) is 19.3 Å². The molecule has 0 aliphatic heterocycles. The SMILES string of the molecule is COC(=O)c1cc(CNc2c(F)cccc2Br)oc1C. The topological polar surface area (TPSA) is 51.5 Å². The molecule has 0 amide bonds. The van der Waals surface area contributed by atoms with Gasteiger partial charge in [-0.2, -0.15) is 0 Å². The second-order valence-corrected chi connectivity index (χ2v) is 4.98. The first kappa shape index (κ1) is 14.6. The lowest BCUT2D eigenvalue weighted by Gasteiger charge is -2.07. The molecule has 1 aromatic heterocycles. The number of carbonyl (C=O) groups is 1. The molecule has 0 radical (unpaired) electrons. The van der Waals surface area contributed by atoms with E-state index >= 15 is 0 Å². The highest BCUT2D eigenvalue weighted by Gasteiger charge is 2.15. The van der Waals surface area contributed by atoms with Crippen molar-refractivity contribution < 1.29 is 18.3 Å². The van der Waals surface area contributed by atoms with Crippen molar-refractivity contribution in [2.75, 3.05) is 12.4 Å². The molecule has 0 aliphatic rings. The number of nitrogens with one attached hydrogen (secondary N) is 1. The minimum absolute atomic E-state index is 0.261. The van der Waals surface area contributed by atoms with Crippen molar-refractivity contribution in [3.63, 3.8) is 0 Å². The Balaban J connectivity index is 2.14. The van der Waals surface area contributed by atoms with Crippen LogP contribution in [0.1, 0.15) is 21.9 Å². The van der Waals surface area contributed by atoms with E-state index in [2.05, 4.69) is 26.0 Å². The van der Waals surface area contributed by atoms with Gasteiger partial charge in [-0.3, -0.25) is 0 Å². The Kier molecular flexibility index (Phi) is 4.44. The monoisotopic (exact) mass is 341 g/mol. The number of furan rings is 1. The van der Waals surface area contributed by atoms with Gasteiger partial charge < -0.3 is 14.5 Å². The molecule has 0 saturated carbocycles. The molecule has 2 aromatic rings. The van der Waals surface area contributed by atoms with Crippen LogP contribution in [0.25, 0.3) is 0 Å². The standard InChI is InChI=1S/C14H13BrFNO3/c1-8-10(14(18)19-2)6-9(20-8)7-17-13-11(15)4-3-5-12(13)16/h3-6,17H,7H2,1-2H3. The van der Waals surface area contributed by atoms with E-state index in [1.807, 2.05) is 0 Å². The largest absolute Gasteiger partial charge is 0.465 e. The number of hydrogen-bond donors (Lipinski definition) is 1. The Morgan fingerprint density at radius 1 is 1.50 bits per heavy atom. The van der Waals surface area contributed by atoms with Gasteiger partial charge in [-0.1, -0.05) is 6.07 Å². The lowest BCUT2D eigenvalue weighted by Crippen LogP contribution is -2.02. The predicted octanol–water partition coefficient (Wildman–Crippen LogP) is 3.89. The second-order valence-electron chi connectivity index (χ2n) is 4.12. The molecule has 1 aromatic carbocycles. The van der Waals surface area contributed by atoms with E-state index in [9.17, 15) is 9.18 Å². The number of ether oxygens (including phenoxy) is 1. The Bertz CT molecular complexity index is 619. The van der Waals surface area contributed by atoms with Crippen molar-refractivity contribution in [1.82, 2.24) is 0 Å². The minimum Gasteiger partial charge on any atom is -0.465 e. The Hall–Kier alpha value is -1.82. The van der Waals surface area contributed by atoms with Gasteiger partial charge in [0.1, 0.15) is 22.9 Å². The van der Waals surface area contributed by atoms with Gasteiger partial charge in [-0.25, -0.2) is 9.18 Å². The first-order valence-electron chi connectivity index (χ1n) is 5.88. The number of benzene rings is 1. The van der Waals surface area contributed by atoms with Crippen molar-refractivity contribution in [3.05, 3.63) is 51.6 Å². The van der Waals surface area contributed by atoms with E-state index in [0.29, 0.717) is 27.2 Å². The van der Waals surface area contributed by atoms with Gasteiger partial charge in [0.25, 0.3) is 0 Å². The molecule has 0 fully saturated rings. The summed E-state index contributed by atoms with van der Waals surface area (Å²) >= 11 is 3.27. The number of halogens is 2. The molecular formula is C14H13BrFNO3. The molecule has 0 spiro atoms. The Labute approximate surface area is 124 Å². The van der Waals surface area contributed by atoms with Gasteiger partial charge in [0.2, 0.25) is 0 Å². The number of hydrogen-bond acceptors (Lipinski definition) is 4. The Morgan fingerprint density at radius 3 is 2.90 bits per heavy atom. The highest BCUT2D eigenvalue weighted by molar-refractivity contribution is 9.10. The van der Waals surface area contributed by atoms with E-state index in [1.165, 1.54) is 13.2 Å². The number of esters is 1. The fourth-order valence-corrected chi connectivity index (χ4v) is 2.27. The van der Waals surface area contributed by atoms with Crippen molar-refractivity contribution >= 4 is 27.6 Å². The van der Waals surface area contributed by atoms with Gasteiger partial charge in [-0.15, -0.1) is 0 Å². The van der Waals surface area contributed by atoms with Crippen LogP contribution in [0.2, 0.25) is 0 Å². The van der Waals surface area contributed by atoms with Crippen LogP contribution < -0.4 is 5.32 Å². The van der Waals surface area contributed by atoms with Crippen LogP contribution in [-0.4, -0.2) is 13.1 Å². The number of aryl methyl sites for hydroxylation is 1. The van der Waals surface area contributed by atoms with Crippen molar-refractivity contribution in [2.24, 2.45) is 0 Å². The fourth-order valence-electron chi connectivity index (χ4n) is 1.79. The summed E-state index contributed by atoms with van der Waals surface area (Å²) in [5, 5.41) is 2.93. The molecular weight excluding hydrogens is 329 g/mol. The summed E-state index contributed by atoms with van der Waals surface area (Å²) < 4.78 is 24.3. The molecule has 1 heterocycles. The molecule has 0 aliphatic carbocycles. The quantitative estimate of drug-likeness (QED) is 0.857. The van der Waals surface area contributed by atoms with Crippen LogP contribution in [0.3, 0.4) is 0 Å². The zero-order chi connectivity index (χ0) is 14.7. The molecule has 0 atom stereocenters. The molecule has 2 rings (SSSR count). The number of carbonyl (C=O) groups excluding carboxylic acids is 1. The Morgan fingerprint density at radius 2 is 2.25 bits per heavy atom. The fraction of sp³-hybridized carbons (Fsp3) is 0.214. The lowest BCUT2D eigenvalue weighted by atomic mass is 10.2. The predicted molar refractivity (Wildman–Crippen MR) is 76.2 cm³/mol. The molecule has 0 unspecified atom stereocenters. The van der Waals surface area contributed by atoms with Gasteiger partial charge in [-0.05, 0) is 41.1 Å². The van der Waals surface area contributed by atoms with Gasteiger partial charge in [0.15, 0.2) is 0 Å². The number of para-hydroxylation sites is 1. The molecule has 6 heteroatoms. The lowest BCUT2D eigenvalue weighted by molar-refractivity contribution is 0.0599. The molecule has 20 heavy (non-hydrogen) atoms. The van der Waals surface area contributed by atoms with E-state index in [-0.39, 0.29) is 12.4 Å². The normalized spacial score (nSPS) is 10.4. The zero-order valence-corrected chi connectivity index (χ0v) is 12.6. The van der Waals surface area contributed by atoms with Crippen LogP contribution in [0.4, 0.5) is 10.1 Å². The average Bonchev–Trinajstić information content (AvgIpc) is 2.78. The molecule has 4 nitrogen and oxygen atoms in total. The van der Waals surface area contributed by atoms with Crippen molar-refractivity contribution in [3.8, 4) is 0 Å². The third kappa shape index (κ3) is 3.01. The first-order valence-corrected chi connectivity index (χ1v) is 6.67. The van der Waals surface area contributed by atoms with E-state index < -0.39 is 5.97 Å². The van der Waals surface area contributed by atoms with Gasteiger partial charge in [0, 0.05) is 4.47 Å². The summed E-state index contributed by atoms with van der Waals surface area (Å²) in [6.45, 7) is 1.94. The minimum atomic E-state index is -0.454. The summed E-state index contributed by atoms with van der Waals surface area (Å²) in [7, 11) is 1.31. The maximum absolute atomic E-state index is 13.6. The summed E-state index contributed by atoms with van der Waals surface area (Å²) in [6.07, 6.45) is 0. The van der Waals surface area contributed by atoms with Crippen LogP contribution in [0.5, 0.6) is 0 Å². The molecule has 0 bridgehead atoms. The zero-order valence-electron chi connectivity index (χ0n) is 11.0. The van der Waals surface area contributed by atoms with Crippen LogP contribution in [0.15, 0.2) is 33.2 Å². The van der Waals surface area contributed by atoms with Crippen LogP contribution in [-0.2, 0) is 11.3 Å². The summed E-state index contributed by atoms with van der Waals surface area (Å²) in [4.78, 5) is 11.5. The molecule has 1 N–H and O–H groups in total. The third-order valence-electron chi connectivity index (χ3n) is 2.78. The smallest absolute Gasteiger partial charge is 0.341 e. The highest BCUT2D eigenvalue weighted by Crippen LogP contribution is 2.26. The maximum atomic E-state index is 13.6. The van der Waals surface area contributed by atoms with E-state index in [0.717, 1.165) is 0 Å². The van der Waals surface area contributed by atoms with Crippen LogP contribution in [0, 0.1) is 12.7 Å². The summed E-state index contributed by atoms with van der Waals surface area (Å²) in [6, 6.07) is 6.29. The second kappa shape index (κ2) is 6.09. The van der Waals surface area contributed by atoms with Crippen molar-refractivity contribution in [1.29, 1.82) is 0 Å². The highest BCUT2D eigenvalue weighted by atomic mass is 79.9. The number of anilines is 1. The van der Waals surface area contributed by atoms with E-state index in [1.54, 1.807) is 25.1 Å². The molecule has 0 saturated heterocycles. The van der Waals surface area contributed by atoms with E-state index in [4.69, 9.17) is 4.42 Å². The maximum Gasteiger partial charge on any atom is 0.341 e. The van der Waals surface area contributed by atoms with Crippen LogP contribution >= 0.6 is 15.9 Å². The summed E-state index contributed by atoms with van der Waals surface area (Å²) in [5.74, 6) is 0.180. The average molecular weight is 342 g/mol. The molecule has 106 valence electrons. The number of methoxy groups -OCH3 is 1. The van der Waals surface area contributed by atoms with Gasteiger partial charge >= 0.3 is 5.97 Å². The third-order valence-corrected chi connectivity index (χ3v) is 3.44. The first-order chi connectivity index (χ1) is 9.52.